The predicted molar refractivity (Wildman–Crippen MR) is 113 cm³/mol. The van der Waals surface area contributed by atoms with Crippen LogP contribution in [-0.2, 0) is 14.3 Å². The van der Waals surface area contributed by atoms with Crippen LogP contribution in [0, 0.1) is 0 Å². The number of anilines is 1. The van der Waals surface area contributed by atoms with Gasteiger partial charge in [-0.1, -0.05) is 18.2 Å². The molecule has 0 atom stereocenters. The van der Waals surface area contributed by atoms with Crippen LogP contribution < -0.4 is 24.8 Å². The minimum atomic E-state index is -0.764. The van der Waals surface area contributed by atoms with Gasteiger partial charge in [0.1, 0.15) is 5.75 Å². The third-order valence-electron chi connectivity index (χ3n) is 3.74. The number of ether oxygens (including phenoxy) is 4. The molecule has 31 heavy (non-hydrogen) atoms. The first-order chi connectivity index (χ1) is 15.0. The molecule has 2 rings (SSSR count). The highest BCUT2D eigenvalue weighted by atomic mass is 16.5. The molecule has 0 radical (unpaired) electrons. The molecule has 2 aromatic rings. The van der Waals surface area contributed by atoms with E-state index in [9.17, 15) is 14.4 Å². The highest BCUT2D eigenvalue weighted by Gasteiger charge is 2.13. The number of benzene rings is 2. The van der Waals surface area contributed by atoms with Crippen LogP contribution in [0.5, 0.6) is 17.2 Å². The average Bonchev–Trinajstić information content (AvgIpc) is 2.75. The molecule has 0 aliphatic rings. The number of para-hydroxylation sites is 1. The van der Waals surface area contributed by atoms with Gasteiger partial charge in [0.25, 0.3) is 5.91 Å². The van der Waals surface area contributed by atoms with Crippen LogP contribution in [0.15, 0.2) is 48.5 Å². The number of nitrogens with one attached hydrogen (secondary N) is 2. The molecule has 0 aliphatic heterocycles. The molecule has 0 fully saturated rings. The summed E-state index contributed by atoms with van der Waals surface area (Å²) >= 11 is 0. The van der Waals surface area contributed by atoms with Gasteiger partial charge in [-0.25, -0.2) is 4.79 Å². The van der Waals surface area contributed by atoms with Crippen LogP contribution in [0.25, 0.3) is 0 Å². The summed E-state index contributed by atoms with van der Waals surface area (Å²) in [6.07, 6.45) is -0.0270. The minimum Gasteiger partial charge on any atom is -0.493 e. The largest absolute Gasteiger partial charge is 0.493 e. The van der Waals surface area contributed by atoms with Crippen molar-refractivity contribution in [3.63, 3.8) is 0 Å². The number of imide groups is 1. The van der Waals surface area contributed by atoms with Crippen molar-refractivity contribution in [3.8, 4) is 17.2 Å². The number of carbonyl (C=O) groups is 3. The van der Waals surface area contributed by atoms with Crippen molar-refractivity contribution < 1.29 is 33.3 Å². The van der Waals surface area contributed by atoms with E-state index < -0.39 is 24.5 Å². The second-order valence-corrected chi connectivity index (χ2v) is 6.10. The molecule has 2 aromatic carbocycles. The zero-order chi connectivity index (χ0) is 22.5. The fourth-order valence-corrected chi connectivity index (χ4v) is 2.44. The van der Waals surface area contributed by atoms with Crippen LogP contribution in [0.3, 0.4) is 0 Å². The number of hydrogen-bond acceptors (Lipinski definition) is 7. The lowest BCUT2D eigenvalue weighted by Crippen LogP contribution is -2.37. The highest BCUT2D eigenvalue weighted by Crippen LogP contribution is 2.30. The predicted octanol–water partition coefficient (Wildman–Crippen LogP) is 3.14. The SMILES string of the molecule is CCOc1ccc(NC(=O)NC(=O)COC(=O)CCOc2ccccc2)cc1OCC. The molecule has 0 saturated carbocycles. The lowest BCUT2D eigenvalue weighted by molar-refractivity contribution is -0.148. The number of esters is 1. The molecule has 0 unspecified atom stereocenters. The normalized spacial score (nSPS) is 10.0. The molecule has 0 bridgehead atoms. The van der Waals surface area contributed by atoms with Gasteiger partial charge in [-0.05, 0) is 38.1 Å². The average molecular weight is 430 g/mol. The third kappa shape index (κ3) is 8.65. The quantitative estimate of drug-likeness (QED) is 0.527. The molecule has 9 heteroatoms. The zero-order valence-electron chi connectivity index (χ0n) is 17.5. The van der Waals surface area contributed by atoms with E-state index >= 15 is 0 Å². The number of hydrogen-bond donors (Lipinski definition) is 2. The summed E-state index contributed by atoms with van der Waals surface area (Å²) < 4.78 is 21.2. The van der Waals surface area contributed by atoms with Gasteiger partial charge in [0.15, 0.2) is 18.1 Å². The molecular formula is C22H26N2O7. The van der Waals surface area contributed by atoms with E-state index in [-0.39, 0.29) is 13.0 Å². The molecule has 9 nitrogen and oxygen atoms in total. The molecule has 0 saturated heterocycles. The van der Waals surface area contributed by atoms with Gasteiger partial charge in [-0.2, -0.15) is 0 Å². The Hall–Kier alpha value is -3.75. The maximum atomic E-state index is 12.0. The fraction of sp³-hybridized carbons (Fsp3) is 0.318. The molecule has 3 amide bonds. The maximum Gasteiger partial charge on any atom is 0.325 e. The summed E-state index contributed by atoms with van der Waals surface area (Å²) in [7, 11) is 0. The van der Waals surface area contributed by atoms with Gasteiger partial charge in [0.2, 0.25) is 0 Å². The topological polar surface area (TPSA) is 112 Å². The summed E-state index contributed by atoms with van der Waals surface area (Å²) in [5, 5.41) is 4.60. The third-order valence-corrected chi connectivity index (χ3v) is 3.74. The Kier molecular flexibility index (Phi) is 9.67. The zero-order valence-corrected chi connectivity index (χ0v) is 17.5. The van der Waals surface area contributed by atoms with Crippen LogP contribution in [0.4, 0.5) is 10.5 Å². The van der Waals surface area contributed by atoms with E-state index in [4.69, 9.17) is 18.9 Å². The van der Waals surface area contributed by atoms with E-state index in [0.717, 1.165) is 0 Å². The Balaban J connectivity index is 1.72. The van der Waals surface area contributed by atoms with Gasteiger partial charge in [0.05, 0.1) is 26.2 Å². The maximum absolute atomic E-state index is 12.0. The van der Waals surface area contributed by atoms with Crippen LogP contribution in [-0.4, -0.2) is 44.3 Å². The van der Waals surface area contributed by atoms with Crippen molar-refractivity contribution in [1.29, 1.82) is 0 Å². The van der Waals surface area contributed by atoms with Gasteiger partial charge < -0.3 is 24.3 Å². The fourth-order valence-electron chi connectivity index (χ4n) is 2.44. The van der Waals surface area contributed by atoms with Crippen molar-refractivity contribution in [2.24, 2.45) is 0 Å². The first-order valence-electron chi connectivity index (χ1n) is 9.85. The molecule has 2 N–H and O–H groups in total. The van der Waals surface area contributed by atoms with Crippen LogP contribution >= 0.6 is 0 Å². The Morgan fingerprint density at radius 3 is 2.29 bits per heavy atom. The Morgan fingerprint density at radius 1 is 0.871 bits per heavy atom. The minimum absolute atomic E-state index is 0.0270. The first-order valence-corrected chi connectivity index (χ1v) is 9.85. The van der Waals surface area contributed by atoms with E-state index in [2.05, 4.69) is 10.6 Å². The van der Waals surface area contributed by atoms with E-state index in [1.165, 1.54) is 0 Å². The van der Waals surface area contributed by atoms with E-state index in [0.29, 0.717) is 36.1 Å². The molecular weight excluding hydrogens is 404 g/mol. The molecule has 166 valence electrons. The molecule has 0 spiro atoms. The van der Waals surface area contributed by atoms with Gasteiger partial charge >= 0.3 is 12.0 Å². The summed E-state index contributed by atoms with van der Waals surface area (Å²) in [6.45, 7) is 4.12. The summed E-state index contributed by atoms with van der Waals surface area (Å²) in [4.78, 5) is 35.5. The van der Waals surface area contributed by atoms with Gasteiger partial charge in [-0.3, -0.25) is 14.9 Å². The second-order valence-electron chi connectivity index (χ2n) is 6.10. The smallest absolute Gasteiger partial charge is 0.325 e. The number of carbonyl (C=O) groups excluding carboxylic acids is 3. The van der Waals surface area contributed by atoms with Crippen molar-refractivity contribution in [1.82, 2.24) is 5.32 Å². The monoisotopic (exact) mass is 430 g/mol. The Morgan fingerprint density at radius 2 is 1.58 bits per heavy atom. The van der Waals surface area contributed by atoms with Gasteiger partial charge in [0, 0.05) is 11.8 Å². The lowest BCUT2D eigenvalue weighted by Gasteiger charge is -2.13. The lowest BCUT2D eigenvalue weighted by atomic mass is 10.2. The first kappa shape index (κ1) is 23.5. The summed E-state index contributed by atoms with van der Waals surface area (Å²) in [5.74, 6) is 0.284. The van der Waals surface area contributed by atoms with Crippen LogP contribution in [0.1, 0.15) is 20.3 Å². The highest BCUT2D eigenvalue weighted by molar-refractivity contribution is 6.02. The molecule has 0 aromatic heterocycles. The molecule has 0 heterocycles. The molecule has 0 aliphatic carbocycles. The van der Waals surface area contributed by atoms with Crippen molar-refractivity contribution >= 4 is 23.6 Å². The van der Waals surface area contributed by atoms with Crippen molar-refractivity contribution in [2.75, 3.05) is 31.7 Å². The Bertz CT molecular complexity index is 871. The second kappa shape index (κ2) is 12.7. The van der Waals surface area contributed by atoms with E-state index in [1.807, 2.05) is 32.0 Å². The summed E-state index contributed by atoms with van der Waals surface area (Å²) in [5.41, 5.74) is 0.409. The Labute approximate surface area is 180 Å². The van der Waals surface area contributed by atoms with Crippen molar-refractivity contribution in [3.05, 3.63) is 48.5 Å². The number of amides is 3. The number of rotatable bonds is 11. The van der Waals surface area contributed by atoms with Gasteiger partial charge in [-0.15, -0.1) is 0 Å². The van der Waals surface area contributed by atoms with E-state index in [1.54, 1.807) is 30.3 Å². The summed E-state index contributed by atoms with van der Waals surface area (Å²) in [6, 6.07) is 13.1. The van der Waals surface area contributed by atoms with Crippen LogP contribution in [0.2, 0.25) is 0 Å². The van der Waals surface area contributed by atoms with Crippen molar-refractivity contribution in [2.45, 2.75) is 20.3 Å². The standard InChI is InChI=1S/C22H26N2O7/c1-3-28-18-11-10-16(14-19(18)29-4-2)23-22(27)24-20(25)15-31-21(26)12-13-30-17-8-6-5-7-9-17/h5-11,14H,3-4,12-13,15H2,1-2H3,(H2,23,24,25,27). The number of urea groups is 1.